The van der Waals surface area contributed by atoms with Crippen molar-refractivity contribution >= 4 is 26.8 Å². The van der Waals surface area contributed by atoms with Gasteiger partial charge in [0, 0.05) is 9.86 Å². The predicted octanol–water partition coefficient (Wildman–Crippen LogP) is 3.94. The molecule has 0 aliphatic rings. The van der Waals surface area contributed by atoms with Crippen molar-refractivity contribution in [3.05, 3.63) is 52.9 Å². The van der Waals surface area contributed by atoms with Crippen molar-refractivity contribution < 1.29 is 9.13 Å². The molecule has 0 amide bonds. The molecular formula is C14H10BrFN2O. The molecule has 0 N–H and O–H groups in total. The number of hydrogen-bond donors (Lipinski definition) is 0. The highest BCUT2D eigenvalue weighted by Gasteiger charge is 2.14. The molecule has 0 spiro atoms. The lowest BCUT2D eigenvalue weighted by atomic mass is 10.2. The Balaban J connectivity index is 2.27. The summed E-state index contributed by atoms with van der Waals surface area (Å²) in [5, 5.41) is 4.97. The van der Waals surface area contributed by atoms with Crippen molar-refractivity contribution in [1.82, 2.24) is 9.78 Å². The van der Waals surface area contributed by atoms with E-state index in [1.54, 1.807) is 23.0 Å². The summed E-state index contributed by atoms with van der Waals surface area (Å²) in [7, 11) is 1.45. The molecule has 96 valence electrons. The Morgan fingerprint density at radius 1 is 1.16 bits per heavy atom. The van der Waals surface area contributed by atoms with Crippen LogP contribution in [0.1, 0.15) is 0 Å². The lowest BCUT2D eigenvalue weighted by Gasteiger charge is -2.07. The highest BCUT2D eigenvalue weighted by Crippen LogP contribution is 2.28. The van der Waals surface area contributed by atoms with Gasteiger partial charge in [-0.1, -0.05) is 15.9 Å². The average Bonchev–Trinajstić information content (AvgIpc) is 2.85. The van der Waals surface area contributed by atoms with E-state index in [-0.39, 0.29) is 5.75 Å². The molecule has 3 rings (SSSR count). The van der Waals surface area contributed by atoms with Crippen LogP contribution in [0.3, 0.4) is 0 Å². The van der Waals surface area contributed by atoms with Crippen LogP contribution in [0.5, 0.6) is 5.75 Å². The first-order valence-corrected chi connectivity index (χ1v) is 6.46. The van der Waals surface area contributed by atoms with Crippen molar-refractivity contribution in [3.8, 4) is 11.4 Å². The Morgan fingerprint density at radius 2 is 1.89 bits per heavy atom. The average molecular weight is 321 g/mol. The number of rotatable bonds is 2. The maximum absolute atomic E-state index is 14.3. The van der Waals surface area contributed by atoms with Gasteiger partial charge in [-0.3, -0.25) is 0 Å². The molecule has 0 bridgehead atoms. The quantitative estimate of drug-likeness (QED) is 0.715. The molecule has 3 aromatic rings. The molecule has 0 aliphatic heterocycles. The van der Waals surface area contributed by atoms with E-state index in [1.165, 1.54) is 7.11 Å². The highest BCUT2D eigenvalue weighted by molar-refractivity contribution is 9.10. The summed E-state index contributed by atoms with van der Waals surface area (Å²) in [6.45, 7) is 0. The van der Waals surface area contributed by atoms with Crippen molar-refractivity contribution in [1.29, 1.82) is 0 Å². The maximum atomic E-state index is 14.3. The minimum Gasteiger partial charge on any atom is -0.494 e. The number of methoxy groups -OCH3 is 1. The van der Waals surface area contributed by atoms with Crippen LogP contribution in [0.4, 0.5) is 4.39 Å². The Hall–Kier alpha value is -1.88. The first-order chi connectivity index (χ1) is 9.20. The van der Waals surface area contributed by atoms with Crippen LogP contribution in [-0.4, -0.2) is 16.9 Å². The van der Waals surface area contributed by atoms with E-state index in [9.17, 15) is 4.39 Å². The third-order valence-corrected chi connectivity index (χ3v) is 3.46. The minimum atomic E-state index is -0.402. The third-order valence-electron chi connectivity index (χ3n) is 2.93. The second-order valence-electron chi connectivity index (χ2n) is 4.05. The van der Waals surface area contributed by atoms with Gasteiger partial charge in [-0.15, -0.1) is 0 Å². The summed E-state index contributed by atoms with van der Waals surface area (Å²) < 4.78 is 21.9. The fraction of sp³-hybridized carbons (Fsp3) is 0.0714. The van der Waals surface area contributed by atoms with Gasteiger partial charge in [-0.2, -0.15) is 5.10 Å². The van der Waals surface area contributed by atoms with Gasteiger partial charge in [0.1, 0.15) is 5.52 Å². The minimum absolute atomic E-state index is 0.214. The smallest absolute Gasteiger partial charge is 0.191 e. The van der Waals surface area contributed by atoms with Crippen LogP contribution in [0.2, 0.25) is 0 Å². The SMILES string of the molecule is COc1ccc2cnn(-c3ccc(Br)cc3)c2c1F. The maximum Gasteiger partial charge on any atom is 0.191 e. The van der Waals surface area contributed by atoms with E-state index in [0.29, 0.717) is 5.52 Å². The molecule has 1 aromatic heterocycles. The van der Waals surface area contributed by atoms with Gasteiger partial charge in [0.2, 0.25) is 0 Å². The molecule has 0 aliphatic carbocycles. The van der Waals surface area contributed by atoms with Crippen LogP contribution >= 0.6 is 15.9 Å². The van der Waals surface area contributed by atoms with E-state index in [1.807, 2.05) is 24.3 Å². The molecule has 0 radical (unpaired) electrons. The Morgan fingerprint density at radius 3 is 2.58 bits per heavy atom. The summed E-state index contributed by atoms with van der Waals surface area (Å²) in [6.07, 6.45) is 1.64. The highest BCUT2D eigenvalue weighted by atomic mass is 79.9. The molecular weight excluding hydrogens is 311 g/mol. The summed E-state index contributed by atoms with van der Waals surface area (Å²) >= 11 is 3.37. The fourth-order valence-electron chi connectivity index (χ4n) is 1.99. The summed E-state index contributed by atoms with van der Waals surface area (Å²) in [5.74, 6) is -0.188. The number of aromatic nitrogens is 2. The number of halogens is 2. The molecule has 0 atom stereocenters. The Bertz CT molecular complexity index is 737. The molecule has 2 aromatic carbocycles. The number of benzene rings is 2. The van der Waals surface area contributed by atoms with Crippen LogP contribution < -0.4 is 4.74 Å². The van der Waals surface area contributed by atoms with Crippen LogP contribution in [0.25, 0.3) is 16.6 Å². The Labute approximate surface area is 117 Å². The lowest BCUT2D eigenvalue weighted by molar-refractivity contribution is 0.388. The zero-order chi connectivity index (χ0) is 13.4. The van der Waals surface area contributed by atoms with Gasteiger partial charge >= 0.3 is 0 Å². The fourth-order valence-corrected chi connectivity index (χ4v) is 2.26. The second kappa shape index (κ2) is 4.66. The monoisotopic (exact) mass is 320 g/mol. The molecule has 5 heteroatoms. The van der Waals surface area contributed by atoms with Crippen LogP contribution in [0, 0.1) is 5.82 Å². The third kappa shape index (κ3) is 2.00. The number of hydrogen-bond acceptors (Lipinski definition) is 2. The van der Waals surface area contributed by atoms with E-state index in [4.69, 9.17) is 4.74 Å². The molecule has 0 fully saturated rings. The second-order valence-corrected chi connectivity index (χ2v) is 4.97. The van der Waals surface area contributed by atoms with Crippen molar-refractivity contribution in [3.63, 3.8) is 0 Å². The van der Waals surface area contributed by atoms with Crippen LogP contribution in [-0.2, 0) is 0 Å². The van der Waals surface area contributed by atoms with E-state index in [0.717, 1.165) is 15.5 Å². The topological polar surface area (TPSA) is 27.1 Å². The van der Waals surface area contributed by atoms with Gasteiger partial charge in [0.15, 0.2) is 11.6 Å². The van der Waals surface area contributed by atoms with Gasteiger partial charge < -0.3 is 4.74 Å². The molecule has 19 heavy (non-hydrogen) atoms. The molecule has 0 unspecified atom stereocenters. The van der Waals surface area contributed by atoms with Crippen molar-refractivity contribution in [2.45, 2.75) is 0 Å². The predicted molar refractivity (Wildman–Crippen MR) is 75.3 cm³/mol. The molecule has 3 nitrogen and oxygen atoms in total. The van der Waals surface area contributed by atoms with Gasteiger partial charge in [-0.25, -0.2) is 9.07 Å². The van der Waals surface area contributed by atoms with Gasteiger partial charge in [0.25, 0.3) is 0 Å². The van der Waals surface area contributed by atoms with Crippen LogP contribution in [0.15, 0.2) is 47.1 Å². The van der Waals surface area contributed by atoms with E-state index >= 15 is 0 Å². The molecule has 0 saturated heterocycles. The number of nitrogens with zero attached hydrogens (tertiary/aromatic N) is 2. The lowest BCUT2D eigenvalue weighted by Crippen LogP contribution is -1.98. The zero-order valence-electron chi connectivity index (χ0n) is 10.1. The Kier molecular flexibility index (Phi) is 2.98. The molecule has 0 saturated carbocycles. The summed E-state index contributed by atoms with van der Waals surface area (Å²) in [5.41, 5.74) is 1.21. The van der Waals surface area contributed by atoms with E-state index < -0.39 is 5.82 Å². The van der Waals surface area contributed by atoms with E-state index in [2.05, 4.69) is 21.0 Å². The van der Waals surface area contributed by atoms with Gasteiger partial charge in [-0.05, 0) is 36.4 Å². The van der Waals surface area contributed by atoms with Gasteiger partial charge in [0.05, 0.1) is 19.0 Å². The zero-order valence-corrected chi connectivity index (χ0v) is 11.7. The normalized spacial score (nSPS) is 10.9. The van der Waals surface area contributed by atoms with Crippen molar-refractivity contribution in [2.75, 3.05) is 7.11 Å². The number of ether oxygens (including phenoxy) is 1. The summed E-state index contributed by atoms with van der Waals surface area (Å²) in [4.78, 5) is 0. The molecule has 1 heterocycles. The first kappa shape index (κ1) is 12.2. The largest absolute Gasteiger partial charge is 0.494 e. The standard InChI is InChI=1S/C14H10BrFN2O/c1-19-12-7-2-9-8-17-18(14(9)13(12)16)11-5-3-10(15)4-6-11/h2-8H,1H3. The van der Waals surface area contributed by atoms with Crippen molar-refractivity contribution in [2.24, 2.45) is 0 Å². The number of fused-ring (bicyclic) bond motifs is 1. The first-order valence-electron chi connectivity index (χ1n) is 5.67. The summed E-state index contributed by atoms with van der Waals surface area (Å²) in [6, 6.07) is 10.9.